The number of nitrogens with zero attached hydrogens (tertiary/aromatic N) is 1. The van der Waals surface area contributed by atoms with Gasteiger partial charge in [0.05, 0.1) is 13.2 Å². The van der Waals surface area contributed by atoms with Gasteiger partial charge in [0.2, 0.25) is 0 Å². The molecule has 1 aliphatic rings. The summed E-state index contributed by atoms with van der Waals surface area (Å²) in [5.74, 6) is 1.01. The van der Waals surface area contributed by atoms with Gasteiger partial charge in [-0.15, -0.1) is 0 Å². The van der Waals surface area contributed by atoms with Crippen molar-refractivity contribution in [1.82, 2.24) is 4.90 Å². The molecule has 1 aliphatic heterocycles. The molecule has 2 aromatic carbocycles. The molecular weight excluding hydrogens is 286 g/mol. The first-order chi connectivity index (χ1) is 11.4. The summed E-state index contributed by atoms with van der Waals surface area (Å²) in [7, 11) is 0. The Labute approximate surface area is 138 Å². The third-order valence-electron chi connectivity index (χ3n) is 4.23. The first-order valence-corrected chi connectivity index (χ1v) is 8.46. The lowest BCUT2D eigenvalue weighted by molar-refractivity contribution is 0.0374. The zero-order valence-electron chi connectivity index (χ0n) is 13.6. The van der Waals surface area contributed by atoms with Crippen molar-refractivity contribution >= 4 is 0 Å². The maximum absolute atomic E-state index is 6.03. The molecule has 0 unspecified atom stereocenters. The molecule has 1 saturated heterocycles. The normalized spacial score (nSPS) is 15.5. The van der Waals surface area contributed by atoms with Gasteiger partial charge >= 0.3 is 0 Å². The predicted octanol–water partition coefficient (Wildman–Crippen LogP) is 3.53. The van der Waals surface area contributed by atoms with Crippen molar-refractivity contribution in [1.29, 1.82) is 0 Å². The van der Waals surface area contributed by atoms with Crippen molar-refractivity contribution in [3.63, 3.8) is 0 Å². The number of hydrogen-bond acceptors (Lipinski definition) is 3. The number of ether oxygens (including phenoxy) is 2. The molecule has 0 spiro atoms. The minimum absolute atomic E-state index is 0.626. The molecule has 23 heavy (non-hydrogen) atoms. The van der Waals surface area contributed by atoms with Crippen LogP contribution in [0.25, 0.3) is 0 Å². The number of hydrogen-bond donors (Lipinski definition) is 0. The number of morpholine rings is 1. The molecule has 0 saturated carbocycles. The molecule has 0 radical (unpaired) electrons. The molecule has 122 valence electrons. The highest BCUT2D eigenvalue weighted by Gasteiger charge is 2.10. The minimum Gasteiger partial charge on any atom is -0.489 e. The molecule has 2 aromatic rings. The molecule has 0 bridgehead atoms. The maximum atomic E-state index is 6.03. The van der Waals surface area contributed by atoms with E-state index in [9.17, 15) is 0 Å². The summed E-state index contributed by atoms with van der Waals surface area (Å²) in [6.45, 7) is 5.63. The molecule has 3 rings (SSSR count). The lowest BCUT2D eigenvalue weighted by Gasteiger charge is -2.26. The Morgan fingerprint density at radius 3 is 2.48 bits per heavy atom. The molecule has 0 amide bonds. The Kier molecular flexibility index (Phi) is 6.07. The fourth-order valence-electron chi connectivity index (χ4n) is 2.90. The van der Waals surface area contributed by atoms with E-state index in [1.807, 2.05) is 24.3 Å². The van der Waals surface area contributed by atoms with E-state index in [2.05, 4.69) is 35.2 Å². The average Bonchev–Trinajstić information content (AvgIpc) is 2.63. The van der Waals surface area contributed by atoms with Gasteiger partial charge in [0.25, 0.3) is 0 Å². The second-order valence-corrected chi connectivity index (χ2v) is 5.94. The van der Waals surface area contributed by atoms with Crippen LogP contribution in [0.3, 0.4) is 0 Å². The van der Waals surface area contributed by atoms with Crippen molar-refractivity contribution < 1.29 is 9.47 Å². The summed E-state index contributed by atoms with van der Waals surface area (Å²) >= 11 is 0. The first-order valence-electron chi connectivity index (χ1n) is 8.46. The van der Waals surface area contributed by atoms with Crippen LogP contribution in [0.1, 0.15) is 17.5 Å². The van der Waals surface area contributed by atoms with Crippen molar-refractivity contribution in [3.05, 3.63) is 65.7 Å². The van der Waals surface area contributed by atoms with E-state index in [0.717, 1.165) is 51.4 Å². The Hall–Kier alpha value is -1.84. The van der Waals surface area contributed by atoms with E-state index in [-0.39, 0.29) is 0 Å². The minimum atomic E-state index is 0.626. The van der Waals surface area contributed by atoms with Crippen molar-refractivity contribution in [2.45, 2.75) is 19.4 Å². The van der Waals surface area contributed by atoms with Crippen LogP contribution in [0, 0.1) is 0 Å². The molecule has 0 aliphatic carbocycles. The third-order valence-corrected chi connectivity index (χ3v) is 4.23. The molecular formula is C20H25NO2. The zero-order chi connectivity index (χ0) is 15.7. The molecule has 0 atom stereocenters. The highest BCUT2D eigenvalue weighted by atomic mass is 16.5. The van der Waals surface area contributed by atoms with Crippen molar-refractivity contribution in [2.75, 3.05) is 32.8 Å². The summed E-state index contributed by atoms with van der Waals surface area (Å²) in [4.78, 5) is 2.48. The highest BCUT2D eigenvalue weighted by Crippen LogP contribution is 2.21. The molecule has 1 heterocycles. The molecule has 0 aromatic heterocycles. The van der Waals surface area contributed by atoms with Crippen molar-refractivity contribution in [3.8, 4) is 5.75 Å². The van der Waals surface area contributed by atoms with E-state index < -0.39 is 0 Å². The van der Waals surface area contributed by atoms with Gasteiger partial charge < -0.3 is 9.47 Å². The van der Waals surface area contributed by atoms with E-state index in [0.29, 0.717) is 6.61 Å². The summed E-state index contributed by atoms with van der Waals surface area (Å²) in [5.41, 5.74) is 2.51. The fourth-order valence-corrected chi connectivity index (χ4v) is 2.90. The van der Waals surface area contributed by atoms with Crippen LogP contribution in [0.4, 0.5) is 0 Å². The molecule has 0 N–H and O–H groups in total. The molecule has 3 nitrogen and oxygen atoms in total. The number of rotatable bonds is 7. The molecule has 3 heteroatoms. The van der Waals surface area contributed by atoms with Gasteiger partial charge in [0.1, 0.15) is 12.4 Å². The van der Waals surface area contributed by atoms with Crippen LogP contribution >= 0.6 is 0 Å². The van der Waals surface area contributed by atoms with Gasteiger partial charge in [0, 0.05) is 13.1 Å². The van der Waals surface area contributed by atoms with Crippen LogP contribution in [0.5, 0.6) is 5.75 Å². The number of aryl methyl sites for hydroxylation is 1. The van der Waals surface area contributed by atoms with E-state index in [1.165, 1.54) is 11.1 Å². The quantitative estimate of drug-likeness (QED) is 0.781. The maximum Gasteiger partial charge on any atom is 0.122 e. The van der Waals surface area contributed by atoms with Gasteiger partial charge in [-0.1, -0.05) is 48.5 Å². The van der Waals surface area contributed by atoms with Crippen LogP contribution < -0.4 is 4.74 Å². The standard InChI is InChI=1S/C20H25NO2/c1-2-7-18(8-3-1)17-23-20-11-5-4-9-19(20)10-6-12-21-13-15-22-16-14-21/h1-5,7-9,11H,6,10,12-17H2. The monoisotopic (exact) mass is 311 g/mol. The average molecular weight is 311 g/mol. The van der Waals surface area contributed by atoms with E-state index in [1.54, 1.807) is 0 Å². The lowest BCUT2D eigenvalue weighted by Crippen LogP contribution is -2.36. The summed E-state index contributed by atoms with van der Waals surface area (Å²) < 4.78 is 11.4. The summed E-state index contributed by atoms with van der Waals surface area (Å²) in [5, 5.41) is 0. The second-order valence-electron chi connectivity index (χ2n) is 5.94. The number of benzene rings is 2. The Balaban J connectivity index is 1.50. The zero-order valence-corrected chi connectivity index (χ0v) is 13.6. The lowest BCUT2D eigenvalue weighted by atomic mass is 10.1. The first kappa shape index (κ1) is 16.0. The Bertz CT molecular complexity index is 579. The van der Waals surface area contributed by atoms with Gasteiger partial charge in [-0.2, -0.15) is 0 Å². The summed E-state index contributed by atoms with van der Waals surface area (Å²) in [6.07, 6.45) is 2.22. The van der Waals surface area contributed by atoms with Crippen LogP contribution in [0.2, 0.25) is 0 Å². The number of para-hydroxylation sites is 1. The van der Waals surface area contributed by atoms with Gasteiger partial charge in [-0.25, -0.2) is 0 Å². The van der Waals surface area contributed by atoms with E-state index in [4.69, 9.17) is 9.47 Å². The van der Waals surface area contributed by atoms with Crippen LogP contribution in [0.15, 0.2) is 54.6 Å². The van der Waals surface area contributed by atoms with Crippen LogP contribution in [-0.2, 0) is 17.8 Å². The fraction of sp³-hybridized carbons (Fsp3) is 0.400. The second kappa shape index (κ2) is 8.70. The molecule has 1 fully saturated rings. The van der Waals surface area contributed by atoms with E-state index >= 15 is 0 Å². The largest absolute Gasteiger partial charge is 0.489 e. The van der Waals surface area contributed by atoms with Gasteiger partial charge in [0.15, 0.2) is 0 Å². The highest BCUT2D eigenvalue weighted by molar-refractivity contribution is 5.33. The van der Waals surface area contributed by atoms with Gasteiger partial charge in [-0.3, -0.25) is 4.90 Å². The Morgan fingerprint density at radius 2 is 1.65 bits per heavy atom. The Morgan fingerprint density at radius 1 is 0.913 bits per heavy atom. The third kappa shape index (κ3) is 5.08. The summed E-state index contributed by atoms with van der Waals surface area (Å²) in [6, 6.07) is 18.7. The smallest absolute Gasteiger partial charge is 0.122 e. The topological polar surface area (TPSA) is 21.7 Å². The van der Waals surface area contributed by atoms with Gasteiger partial charge in [-0.05, 0) is 36.6 Å². The van der Waals surface area contributed by atoms with Crippen molar-refractivity contribution in [2.24, 2.45) is 0 Å². The van der Waals surface area contributed by atoms with Crippen LogP contribution in [-0.4, -0.2) is 37.7 Å². The SMILES string of the molecule is c1ccc(COc2ccccc2CCCN2CCOCC2)cc1. The predicted molar refractivity (Wildman–Crippen MR) is 92.8 cm³/mol.